The highest BCUT2D eigenvalue weighted by Gasteiger charge is 2.40. The zero-order valence-electron chi connectivity index (χ0n) is 30.3. The maximum Gasteiger partial charge on any atom is 0.245 e. The Balaban J connectivity index is 2.24. The summed E-state index contributed by atoms with van der Waals surface area (Å²) in [7, 11) is 0. The highest BCUT2D eigenvalue weighted by Crippen LogP contribution is 2.22. The van der Waals surface area contributed by atoms with Gasteiger partial charge >= 0.3 is 0 Å². The fourth-order valence-corrected chi connectivity index (χ4v) is 6.20. The molecule has 2 heterocycles. The second-order valence-electron chi connectivity index (χ2n) is 14.0. The zero-order chi connectivity index (χ0) is 37.7. The van der Waals surface area contributed by atoms with Crippen molar-refractivity contribution in [2.45, 2.75) is 123 Å². The molecule has 2 aliphatic rings. The van der Waals surface area contributed by atoms with Gasteiger partial charge in [-0.2, -0.15) is 0 Å². The van der Waals surface area contributed by atoms with Crippen LogP contribution in [0.15, 0.2) is 0 Å². The van der Waals surface area contributed by atoms with Gasteiger partial charge in [0.05, 0.1) is 19.0 Å². The summed E-state index contributed by atoms with van der Waals surface area (Å²) in [6.07, 6.45) is 2.15. The number of likely N-dealkylation sites (tertiary alicyclic amines) is 2. The molecule has 50 heavy (non-hydrogen) atoms. The number of amides is 6. The Kier molecular flexibility index (Phi) is 16.6. The Morgan fingerprint density at radius 2 is 1.40 bits per heavy atom. The lowest BCUT2D eigenvalue weighted by Gasteiger charge is -2.31. The Morgan fingerprint density at radius 3 is 1.98 bits per heavy atom. The quantitative estimate of drug-likeness (QED) is 0.0435. The number of nitrogens with zero attached hydrogens (tertiary/aromatic N) is 2. The van der Waals surface area contributed by atoms with Crippen molar-refractivity contribution in [1.82, 2.24) is 36.4 Å². The molecule has 0 aromatic carbocycles. The van der Waals surface area contributed by atoms with Gasteiger partial charge < -0.3 is 43.0 Å². The average Bonchev–Trinajstić information content (AvgIpc) is 3.73. The first kappa shape index (κ1) is 41.9. The second kappa shape index (κ2) is 19.8. The SMILES string of the molecule is CC(C)C(=O)CNC(=O)[C@@H]1CCCN1C(=O)[C@H](CCCNC(=N)N)NC(=O)[C@H](CC(N)=O)NC(=O)[C@@H](NC(=O)[C@@H]1CCCN1C(C)C)C(C)C. The Labute approximate surface area is 294 Å². The van der Waals surface area contributed by atoms with E-state index in [4.69, 9.17) is 16.9 Å². The number of carbonyl (C=O) groups excluding carboxylic acids is 7. The summed E-state index contributed by atoms with van der Waals surface area (Å²) >= 11 is 0. The van der Waals surface area contributed by atoms with Crippen LogP contribution in [0, 0.1) is 17.2 Å². The van der Waals surface area contributed by atoms with Gasteiger partial charge in [0, 0.05) is 25.0 Å². The minimum Gasteiger partial charge on any atom is -0.370 e. The average molecular weight is 707 g/mol. The van der Waals surface area contributed by atoms with Gasteiger partial charge in [0.1, 0.15) is 24.2 Å². The summed E-state index contributed by atoms with van der Waals surface area (Å²) in [5.74, 6) is -4.85. The summed E-state index contributed by atoms with van der Waals surface area (Å²) in [5, 5.41) is 20.7. The molecule has 2 aliphatic heterocycles. The Bertz CT molecular complexity index is 1260. The van der Waals surface area contributed by atoms with Gasteiger partial charge in [0.25, 0.3) is 0 Å². The molecule has 0 spiro atoms. The maximum atomic E-state index is 13.9. The topological polar surface area (TPSA) is 262 Å². The predicted molar refractivity (Wildman–Crippen MR) is 186 cm³/mol. The molecule has 0 aromatic rings. The number of nitrogens with two attached hydrogens (primary N) is 2. The molecule has 17 heteroatoms. The summed E-state index contributed by atoms with van der Waals surface area (Å²) in [4.78, 5) is 95.0. The minimum atomic E-state index is -1.47. The third-order valence-electron chi connectivity index (χ3n) is 9.06. The molecule has 5 atom stereocenters. The third-order valence-corrected chi connectivity index (χ3v) is 9.06. The lowest BCUT2D eigenvalue weighted by molar-refractivity contribution is -0.142. The van der Waals surface area contributed by atoms with Crippen molar-refractivity contribution < 1.29 is 33.6 Å². The molecule has 17 nitrogen and oxygen atoms in total. The van der Waals surface area contributed by atoms with Gasteiger partial charge in [0.2, 0.25) is 35.4 Å². The molecule has 6 amide bonds. The van der Waals surface area contributed by atoms with Crippen LogP contribution in [0.25, 0.3) is 0 Å². The molecule has 282 valence electrons. The minimum absolute atomic E-state index is 0.0666. The van der Waals surface area contributed by atoms with Crippen molar-refractivity contribution in [1.29, 1.82) is 5.41 Å². The molecule has 0 saturated carbocycles. The van der Waals surface area contributed by atoms with Crippen LogP contribution in [-0.4, -0.2) is 119 Å². The van der Waals surface area contributed by atoms with Crippen molar-refractivity contribution in [3.8, 4) is 0 Å². The standard InChI is InChI=1S/C33H58N10O7/c1-18(2)25(44)17-38-29(47)23-11-9-15-43(23)32(50)21(10-7-13-37-33(35)36)39-28(46)22(16-26(34)45)40-31(49)27(19(3)4)41-30(48)24-12-8-14-42(24)20(5)6/h18-24,27H,7-17H2,1-6H3,(H2,34,45)(H,38,47)(H,39,46)(H,40,49)(H,41,48)(H4,35,36,37)/t21-,22-,23-,24-,27-/m0/s1. The van der Waals surface area contributed by atoms with Crippen molar-refractivity contribution in [2.24, 2.45) is 23.3 Å². The molecule has 0 bridgehead atoms. The monoisotopic (exact) mass is 706 g/mol. The van der Waals surface area contributed by atoms with E-state index in [1.165, 1.54) is 4.90 Å². The van der Waals surface area contributed by atoms with E-state index in [1.54, 1.807) is 27.7 Å². The molecular formula is C33H58N10O7. The first-order chi connectivity index (χ1) is 23.4. The van der Waals surface area contributed by atoms with Gasteiger partial charge in [-0.3, -0.25) is 43.9 Å². The predicted octanol–water partition coefficient (Wildman–Crippen LogP) is -1.56. The number of ketones is 1. The van der Waals surface area contributed by atoms with Crippen LogP contribution < -0.4 is 38.1 Å². The summed E-state index contributed by atoms with van der Waals surface area (Å²) in [6, 6.07) is -4.80. The molecule has 10 N–H and O–H groups in total. The maximum absolute atomic E-state index is 13.9. The highest BCUT2D eigenvalue weighted by atomic mass is 16.2. The summed E-state index contributed by atoms with van der Waals surface area (Å²) < 4.78 is 0. The number of carbonyl (C=O) groups is 7. The summed E-state index contributed by atoms with van der Waals surface area (Å²) in [5.41, 5.74) is 10.8. The van der Waals surface area contributed by atoms with Crippen molar-refractivity contribution >= 4 is 47.2 Å². The molecule has 0 aromatic heterocycles. The van der Waals surface area contributed by atoms with Crippen LogP contribution in [0.4, 0.5) is 0 Å². The van der Waals surface area contributed by atoms with Crippen LogP contribution in [0.5, 0.6) is 0 Å². The van der Waals surface area contributed by atoms with E-state index in [-0.39, 0.29) is 68.0 Å². The second-order valence-corrected chi connectivity index (χ2v) is 14.0. The smallest absolute Gasteiger partial charge is 0.245 e. The van der Waals surface area contributed by atoms with Gasteiger partial charge in [-0.1, -0.05) is 27.7 Å². The number of guanidine groups is 1. The number of hydrogen-bond donors (Lipinski definition) is 8. The third kappa shape index (κ3) is 12.6. The molecule has 0 unspecified atom stereocenters. The van der Waals surface area contributed by atoms with E-state index in [0.29, 0.717) is 19.3 Å². The van der Waals surface area contributed by atoms with E-state index in [0.717, 1.165) is 13.0 Å². The zero-order valence-corrected chi connectivity index (χ0v) is 30.3. The van der Waals surface area contributed by atoms with E-state index in [9.17, 15) is 33.6 Å². The van der Waals surface area contributed by atoms with Crippen molar-refractivity contribution in [3.05, 3.63) is 0 Å². The van der Waals surface area contributed by atoms with E-state index in [2.05, 4.69) is 31.5 Å². The molecule has 0 radical (unpaired) electrons. The highest BCUT2D eigenvalue weighted by molar-refractivity contribution is 5.98. The Morgan fingerprint density at radius 1 is 0.780 bits per heavy atom. The van der Waals surface area contributed by atoms with Gasteiger partial charge in [-0.05, 0) is 64.8 Å². The van der Waals surface area contributed by atoms with Crippen LogP contribution >= 0.6 is 0 Å². The van der Waals surface area contributed by atoms with Gasteiger partial charge in [-0.25, -0.2) is 0 Å². The first-order valence-electron chi connectivity index (χ1n) is 17.6. The molecular weight excluding hydrogens is 648 g/mol. The number of rotatable bonds is 19. The lowest BCUT2D eigenvalue weighted by Crippen LogP contribution is -2.60. The van der Waals surface area contributed by atoms with E-state index >= 15 is 0 Å². The van der Waals surface area contributed by atoms with Gasteiger partial charge in [0.15, 0.2) is 11.7 Å². The fraction of sp³-hybridized carbons (Fsp3) is 0.758. The lowest BCUT2D eigenvalue weighted by atomic mass is 10.0. The van der Waals surface area contributed by atoms with Crippen molar-refractivity contribution in [3.63, 3.8) is 0 Å². The van der Waals surface area contributed by atoms with E-state index in [1.807, 2.05) is 13.8 Å². The Hall–Kier alpha value is -4.28. The summed E-state index contributed by atoms with van der Waals surface area (Å²) in [6.45, 7) is 12.0. The van der Waals surface area contributed by atoms with Gasteiger partial charge in [-0.15, -0.1) is 0 Å². The normalized spacial score (nSPS) is 19.5. The largest absolute Gasteiger partial charge is 0.370 e. The van der Waals surface area contributed by atoms with Crippen LogP contribution in [0.1, 0.15) is 86.5 Å². The number of primary amides is 1. The van der Waals surface area contributed by atoms with Crippen LogP contribution in [-0.2, 0) is 33.6 Å². The fourth-order valence-electron chi connectivity index (χ4n) is 6.20. The molecule has 2 saturated heterocycles. The van der Waals surface area contributed by atoms with E-state index < -0.39 is 66.2 Å². The molecule has 2 rings (SSSR count). The first-order valence-corrected chi connectivity index (χ1v) is 17.6. The number of hydrogen-bond acceptors (Lipinski definition) is 9. The number of nitrogens with one attached hydrogen (secondary N) is 6. The molecule has 2 fully saturated rings. The molecule has 0 aliphatic carbocycles. The number of Topliss-reactive ketones (excluding diaryl/α,β-unsaturated/α-hetero) is 1. The van der Waals surface area contributed by atoms with Crippen LogP contribution in [0.2, 0.25) is 0 Å². The van der Waals surface area contributed by atoms with Crippen molar-refractivity contribution in [2.75, 3.05) is 26.2 Å². The van der Waals surface area contributed by atoms with Crippen LogP contribution in [0.3, 0.4) is 0 Å².